The standard InChI is InChI=1S/C20H25N3O3/c1-3-11-26-14-17-8-5-4-7-16(17)13-21-20(25)23-19-10-6-9-18(12-19)22-15(2)24/h4-10,12H,3,11,13-14H2,1-2H3,(H,22,24)(H2,21,23,25). The lowest BCUT2D eigenvalue weighted by atomic mass is 10.1. The Balaban J connectivity index is 1.90. The minimum atomic E-state index is -0.311. The summed E-state index contributed by atoms with van der Waals surface area (Å²) in [5.41, 5.74) is 3.32. The van der Waals surface area contributed by atoms with Gasteiger partial charge in [-0.25, -0.2) is 4.79 Å². The molecule has 0 atom stereocenters. The van der Waals surface area contributed by atoms with Crippen molar-refractivity contribution >= 4 is 23.3 Å². The van der Waals surface area contributed by atoms with Crippen LogP contribution in [0, 0.1) is 0 Å². The molecule has 0 unspecified atom stereocenters. The predicted octanol–water partition coefficient (Wildman–Crippen LogP) is 3.89. The van der Waals surface area contributed by atoms with E-state index in [0.717, 1.165) is 17.5 Å². The van der Waals surface area contributed by atoms with Crippen LogP contribution in [0.5, 0.6) is 0 Å². The van der Waals surface area contributed by atoms with E-state index in [1.165, 1.54) is 6.92 Å². The van der Waals surface area contributed by atoms with Crippen LogP contribution in [0.25, 0.3) is 0 Å². The van der Waals surface area contributed by atoms with E-state index in [2.05, 4.69) is 22.9 Å². The van der Waals surface area contributed by atoms with Crippen LogP contribution in [0.15, 0.2) is 48.5 Å². The maximum absolute atomic E-state index is 12.2. The van der Waals surface area contributed by atoms with Gasteiger partial charge in [0.2, 0.25) is 5.91 Å². The summed E-state index contributed by atoms with van der Waals surface area (Å²) in [6.45, 7) is 5.16. The first-order valence-electron chi connectivity index (χ1n) is 8.65. The van der Waals surface area contributed by atoms with Gasteiger partial charge < -0.3 is 20.7 Å². The zero-order chi connectivity index (χ0) is 18.8. The molecule has 2 aromatic carbocycles. The SMILES string of the molecule is CCCOCc1ccccc1CNC(=O)Nc1cccc(NC(C)=O)c1. The highest BCUT2D eigenvalue weighted by atomic mass is 16.5. The molecule has 0 saturated heterocycles. The molecule has 0 aliphatic heterocycles. The molecule has 0 spiro atoms. The van der Waals surface area contributed by atoms with Gasteiger partial charge in [0, 0.05) is 31.5 Å². The summed E-state index contributed by atoms with van der Waals surface area (Å²) in [6.07, 6.45) is 0.973. The van der Waals surface area contributed by atoms with Gasteiger partial charge >= 0.3 is 6.03 Å². The number of benzene rings is 2. The van der Waals surface area contributed by atoms with Crippen molar-refractivity contribution in [3.05, 3.63) is 59.7 Å². The van der Waals surface area contributed by atoms with Crippen LogP contribution >= 0.6 is 0 Å². The monoisotopic (exact) mass is 355 g/mol. The molecule has 6 nitrogen and oxygen atoms in total. The van der Waals surface area contributed by atoms with Gasteiger partial charge in [0.15, 0.2) is 0 Å². The van der Waals surface area contributed by atoms with E-state index in [-0.39, 0.29) is 11.9 Å². The second-order valence-corrected chi connectivity index (χ2v) is 5.89. The van der Waals surface area contributed by atoms with Crippen molar-refractivity contribution in [3.63, 3.8) is 0 Å². The second-order valence-electron chi connectivity index (χ2n) is 5.89. The van der Waals surface area contributed by atoms with Crippen molar-refractivity contribution in [3.8, 4) is 0 Å². The molecule has 0 bridgehead atoms. The van der Waals surface area contributed by atoms with Gasteiger partial charge in [-0.2, -0.15) is 0 Å². The van der Waals surface area contributed by atoms with E-state index < -0.39 is 0 Å². The molecule has 0 aliphatic carbocycles. The number of rotatable bonds is 8. The largest absolute Gasteiger partial charge is 0.377 e. The average molecular weight is 355 g/mol. The summed E-state index contributed by atoms with van der Waals surface area (Å²) < 4.78 is 5.59. The lowest BCUT2D eigenvalue weighted by molar-refractivity contribution is -0.114. The van der Waals surface area contributed by atoms with Crippen LogP contribution in [0.2, 0.25) is 0 Å². The minimum absolute atomic E-state index is 0.159. The van der Waals surface area contributed by atoms with Crippen molar-refractivity contribution < 1.29 is 14.3 Å². The predicted molar refractivity (Wildman–Crippen MR) is 103 cm³/mol. The highest BCUT2D eigenvalue weighted by molar-refractivity contribution is 5.92. The average Bonchev–Trinajstić information content (AvgIpc) is 2.61. The summed E-state index contributed by atoms with van der Waals surface area (Å²) in [6, 6.07) is 14.6. The highest BCUT2D eigenvalue weighted by Gasteiger charge is 2.06. The topological polar surface area (TPSA) is 79.5 Å². The molecule has 138 valence electrons. The van der Waals surface area contributed by atoms with Crippen LogP contribution in [-0.4, -0.2) is 18.5 Å². The minimum Gasteiger partial charge on any atom is -0.377 e. The van der Waals surface area contributed by atoms with Crippen LogP contribution in [-0.2, 0) is 22.7 Å². The first kappa shape index (κ1) is 19.5. The molecule has 6 heteroatoms. The maximum Gasteiger partial charge on any atom is 0.319 e. The molecule has 26 heavy (non-hydrogen) atoms. The molecule has 2 rings (SSSR count). The number of ether oxygens (including phenoxy) is 1. The molecular formula is C20H25N3O3. The van der Waals surface area contributed by atoms with Gasteiger partial charge in [0.1, 0.15) is 0 Å². The van der Waals surface area contributed by atoms with Gasteiger partial charge in [-0.05, 0) is 35.7 Å². The molecule has 0 heterocycles. The lowest BCUT2D eigenvalue weighted by Gasteiger charge is -2.12. The first-order valence-corrected chi connectivity index (χ1v) is 8.65. The fourth-order valence-corrected chi connectivity index (χ4v) is 2.43. The Morgan fingerprint density at radius 2 is 1.65 bits per heavy atom. The Labute approximate surface area is 153 Å². The third-order valence-corrected chi connectivity index (χ3v) is 3.60. The van der Waals surface area contributed by atoms with Gasteiger partial charge in [0.25, 0.3) is 0 Å². The zero-order valence-corrected chi connectivity index (χ0v) is 15.2. The van der Waals surface area contributed by atoms with Crippen LogP contribution < -0.4 is 16.0 Å². The van der Waals surface area contributed by atoms with Crippen LogP contribution in [0.3, 0.4) is 0 Å². The van der Waals surface area contributed by atoms with E-state index in [4.69, 9.17) is 4.74 Å². The Morgan fingerprint density at radius 3 is 2.35 bits per heavy atom. The Hall–Kier alpha value is -2.86. The molecule has 0 fully saturated rings. The molecule has 0 radical (unpaired) electrons. The van der Waals surface area contributed by atoms with Crippen LogP contribution in [0.1, 0.15) is 31.4 Å². The number of carbonyl (C=O) groups excluding carboxylic acids is 2. The van der Waals surface area contributed by atoms with Crippen molar-refractivity contribution in [1.29, 1.82) is 0 Å². The summed E-state index contributed by atoms with van der Waals surface area (Å²) in [5, 5.41) is 8.29. The van der Waals surface area contributed by atoms with Gasteiger partial charge in [-0.15, -0.1) is 0 Å². The molecule has 0 aromatic heterocycles. The number of carbonyl (C=O) groups is 2. The van der Waals surface area contributed by atoms with Crippen molar-refractivity contribution in [2.75, 3.05) is 17.2 Å². The highest BCUT2D eigenvalue weighted by Crippen LogP contribution is 2.15. The van der Waals surface area contributed by atoms with E-state index in [0.29, 0.717) is 31.1 Å². The second kappa shape index (κ2) is 10.2. The lowest BCUT2D eigenvalue weighted by Crippen LogP contribution is -2.28. The Morgan fingerprint density at radius 1 is 0.962 bits per heavy atom. The van der Waals surface area contributed by atoms with Crippen molar-refractivity contribution in [2.45, 2.75) is 33.4 Å². The van der Waals surface area contributed by atoms with Gasteiger partial charge in [0.05, 0.1) is 6.61 Å². The summed E-state index contributed by atoms with van der Waals surface area (Å²) in [7, 11) is 0. The van der Waals surface area contributed by atoms with Gasteiger partial charge in [-0.1, -0.05) is 37.3 Å². The van der Waals surface area contributed by atoms with E-state index in [9.17, 15) is 9.59 Å². The molecule has 3 amide bonds. The number of nitrogens with one attached hydrogen (secondary N) is 3. The Bertz CT molecular complexity index is 747. The summed E-state index contributed by atoms with van der Waals surface area (Å²) >= 11 is 0. The third kappa shape index (κ3) is 6.57. The third-order valence-electron chi connectivity index (χ3n) is 3.60. The van der Waals surface area contributed by atoms with E-state index >= 15 is 0 Å². The quantitative estimate of drug-likeness (QED) is 0.629. The van der Waals surface area contributed by atoms with Crippen molar-refractivity contribution in [2.24, 2.45) is 0 Å². The summed E-state index contributed by atoms with van der Waals surface area (Å²) in [4.78, 5) is 23.3. The number of urea groups is 1. The molecule has 0 saturated carbocycles. The number of amides is 3. The number of anilines is 2. The van der Waals surface area contributed by atoms with Gasteiger partial charge in [-0.3, -0.25) is 4.79 Å². The van der Waals surface area contributed by atoms with E-state index in [1.54, 1.807) is 24.3 Å². The van der Waals surface area contributed by atoms with Crippen LogP contribution in [0.4, 0.5) is 16.2 Å². The smallest absolute Gasteiger partial charge is 0.319 e. The Kier molecular flexibility index (Phi) is 7.64. The fourth-order valence-electron chi connectivity index (χ4n) is 2.43. The molecule has 0 aliphatic rings. The maximum atomic E-state index is 12.2. The molecule has 2 aromatic rings. The molecule has 3 N–H and O–H groups in total. The molecular weight excluding hydrogens is 330 g/mol. The number of hydrogen-bond donors (Lipinski definition) is 3. The normalized spacial score (nSPS) is 10.2. The zero-order valence-electron chi connectivity index (χ0n) is 15.2. The fraction of sp³-hybridized carbons (Fsp3) is 0.300. The van der Waals surface area contributed by atoms with E-state index in [1.807, 2.05) is 24.3 Å². The first-order chi connectivity index (χ1) is 12.6. The van der Waals surface area contributed by atoms with Crippen molar-refractivity contribution in [1.82, 2.24) is 5.32 Å². The summed E-state index contributed by atoms with van der Waals surface area (Å²) in [5.74, 6) is -0.159. The number of hydrogen-bond acceptors (Lipinski definition) is 3.